The molecule has 2 aromatic heterocycles. The molecular formula is C20H22ClN5O3S. The van der Waals surface area contributed by atoms with Gasteiger partial charge in [0.2, 0.25) is 11.7 Å². The van der Waals surface area contributed by atoms with Crippen LogP contribution in [0.1, 0.15) is 0 Å². The molecule has 8 nitrogen and oxygen atoms in total. The monoisotopic (exact) mass is 447 g/mol. The van der Waals surface area contributed by atoms with Crippen molar-refractivity contribution in [2.45, 2.75) is 5.16 Å². The Bertz CT molecular complexity index is 973. The molecule has 0 atom stereocenters. The van der Waals surface area contributed by atoms with Gasteiger partial charge in [0.1, 0.15) is 0 Å². The maximum atomic E-state index is 12.3. The molecule has 1 aromatic carbocycles. The number of nitrogens with one attached hydrogen (secondary N) is 1. The van der Waals surface area contributed by atoms with Gasteiger partial charge in [-0.3, -0.25) is 14.3 Å². The summed E-state index contributed by atoms with van der Waals surface area (Å²) in [6.45, 7) is 4.73. The third-order valence-corrected chi connectivity index (χ3v) is 5.90. The number of amides is 1. The summed E-state index contributed by atoms with van der Waals surface area (Å²) in [6.07, 6.45) is 1.58. The number of carbonyl (C=O) groups excluding carboxylic acids is 1. The fourth-order valence-corrected chi connectivity index (χ4v) is 4.13. The van der Waals surface area contributed by atoms with Crippen molar-refractivity contribution in [2.75, 3.05) is 45.1 Å². The summed E-state index contributed by atoms with van der Waals surface area (Å²) in [5.41, 5.74) is 0.728. The average Bonchev–Trinajstić information content (AvgIpc) is 3.43. The van der Waals surface area contributed by atoms with Crippen LogP contribution in [0.15, 0.2) is 52.2 Å². The second-order valence-corrected chi connectivity index (χ2v) is 8.01. The number of halogens is 1. The van der Waals surface area contributed by atoms with E-state index in [1.165, 1.54) is 11.8 Å². The lowest BCUT2D eigenvalue weighted by Crippen LogP contribution is -2.41. The first-order chi connectivity index (χ1) is 14.7. The van der Waals surface area contributed by atoms with E-state index in [0.29, 0.717) is 28.3 Å². The van der Waals surface area contributed by atoms with Gasteiger partial charge in [0.15, 0.2) is 10.9 Å². The van der Waals surface area contributed by atoms with Crippen LogP contribution in [-0.2, 0) is 9.53 Å². The predicted octanol–water partition coefficient (Wildman–Crippen LogP) is 2.72. The zero-order valence-corrected chi connectivity index (χ0v) is 17.9. The van der Waals surface area contributed by atoms with Crippen LogP contribution in [0.2, 0.25) is 5.02 Å². The lowest BCUT2D eigenvalue weighted by molar-refractivity contribution is -0.118. The molecule has 0 saturated carbocycles. The molecule has 1 N–H and O–H groups in total. The Kier molecular flexibility index (Phi) is 7.06. The number of ether oxygens (including phenoxy) is 1. The van der Waals surface area contributed by atoms with E-state index in [4.69, 9.17) is 20.8 Å². The molecule has 1 fully saturated rings. The standard InChI is InChI=1S/C20H22ClN5O3S/c21-15-4-1-2-5-16(15)26-19(17-6-3-11-29-17)23-24-20(26)30-14-18(27)22-7-8-25-9-12-28-13-10-25/h1-6,11H,7-10,12-14H2,(H,22,27). The van der Waals surface area contributed by atoms with Crippen molar-refractivity contribution >= 4 is 29.3 Å². The van der Waals surface area contributed by atoms with Crippen LogP contribution < -0.4 is 5.32 Å². The van der Waals surface area contributed by atoms with Crippen molar-refractivity contribution in [3.8, 4) is 17.3 Å². The highest BCUT2D eigenvalue weighted by Crippen LogP contribution is 2.31. The van der Waals surface area contributed by atoms with Gasteiger partial charge in [0, 0.05) is 26.2 Å². The van der Waals surface area contributed by atoms with Gasteiger partial charge in [-0.2, -0.15) is 0 Å². The molecule has 30 heavy (non-hydrogen) atoms. The molecule has 4 rings (SSSR count). The molecule has 0 aliphatic carbocycles. The summed E-state index contributed by atoms with van der Waals surface area (Å²) in [5.74, 6) is 1.28. The fraction of sp³-hybridized carbons (Fsp3) is 0.350. The lowest BCUT2D eigenvalue weighted by Gasteiger charge is -2.26. The topological polar surface area (TPSA) is 85.4 Å². The van der Waals surface area contributed by atoms with Crippen molar-refractivity contribution in [2.24, 2.45) is 0 Å². The Hall–Kier alpha value is -2.33. The zero-order valence-electron chi connectivity index (χ0n) is 16.3. The second kappa shape index (κ2) is 10.1. The zero-order chi connectivity index (χ0) is 20.8. The predicted molar refractivity (Wildman–Crippen MR) is 115 cm³/mol. The van der Waals surface area contributed by atoms with Crippen molar-refractivity contribution < 1.29 is 13.9 Å². The van der Waals surface area contributed by atoms with Crippen molar-refractivity contribution in [1.29, 1.82) is 0 Å². The van der Waals surface area contributed by atoms with E-state index in [1.54, 1.807) is 18.4 Å². The molecule has 0 bridgehead atoms. The Morgan fingerprint density at radius 1 is 1.17 bits per heavy atom. The van der Waals surface area contributed by atoms with E-state index in [9.17, 15) is 4.79 Å². The van der Waals surface area contributed by atoms with E-state index >= 15 is 0 Å². The highest BCUT2D eigenvalue weighted by atomic mass is 35.5. The van der Waals surface area contributed by atoms with E-state index in [-0.39, 0.29) is 11.7 Å². The van der Waals surface area contributed by atoms with Gasteiger partial charge >= 0.3 is 0 Å². The number of para-hydroxylation sites is 1. The van der Waals surface area contributed by atoms with E-state index in [1.807, 2.05) is 28.8 Å². The number of thioether (sulfide) groups is 1. The average molecular weight is 448 g/mol. The number of carbonyl (C=O) groups is 1. The molecular weight excluding hydrogens is 426 g/mol. The van der Waals surface area contributed by atoms with Gasteiger partial charge in [0.25, 0.3) is 0 Å². The summed E-state index contributed by atoms with van der Waals surface area (Å²) in [4.78, 5) is 14.6. The van der Waals surface area contributed by atoms with E-state index in [2.05, 4.69) is 20.4 Å². The number of benzene rings is 1. The van der Waals surface area contributed by atoms with Crippen LogP contribution in [0.3, 0.4) is 0 Å². The quantitative estimate of drug-likeness (QED) is 0.531. The number of nitrogens with zero attached hydrogens (tertiary/aromatic N) is 4. The van der Waals surface area contributed by atoms with E-state index in [0.717, 1.165) is 38.5 Å². The second-order valence-electron chi connectivity index (χ2n) is 6.66. The number of aromatic nitrogens is 3. The number of furan rings is 1. The smallest absolute Gasteiger partial charge is 0.230 e. The Labute approximate surface area is 183 Å². The molecule has 0 unspecified atom stereocenters. The minimum Gasteiger partial charge on any atom is -0.461 e. The molecule has 158 valence electrons. The Morgan fingerprint density at radius 3 is 2.77 bits per heavy atom. The SMILES string of the molecule is O=C(CSc1nnc(-c2ccco2)n1-c1ccccc1Cl)NCCN1CCOCC1. The van der Waals surface area contributed by atoms with Crippen molar-refractivity contribution in [3.63, 3.8) is 0 Å². The number of hydrogen-bond acceptors (Lipinski definition) is 7. The summed E-state index contributed by atoms with van der Waals surface area (Å²) in [7, 11) is 0. The molecule has 1 aliphatic heterocycles. The maximum absolute atomic E-state index is 12.3. The Balaban J connectivity index is 1.42. The molecule has 0 spiro atoms. The van der Waals surface area contributed by atoms with Gasteiger partial charge in [-0.15, -0.1) is 10.2 Å². The summed E-state index contributed by atoms with van der Waals surface area (Å²) >= 11 is 7.72. The number of hydrogen-bond donors (Lipinski definition) is 1. The highest BCUT2D eigenvalue weighted by molar-refractivity contribution is 7.99. The molecule has 3 heterocycles. The molecule has 1 saturated heterocycles. The fourth-order valence-electron chi connectivity index (χ4n) is 3.14. The van der Waals surface area contributed by atoms with Gasteiger partial charge < -0.3 is 14.5 Å². The first-order valence-corrected chi connectivity index (χ1v) is 11.0. The normalized spacial score (nSPS) is 14.7. The van der Waals surface area contributed by atoms with E-state index < -0.39 is 0 Å². The lowest BCUT2D eigenvalue weighted by atomic mass is 10.3. The number of morpholine rings is 1. The van der Waals surface area contributed by atoms with Crippen LogP contribution in [0.5, 0.6) is 0 Å². The van der Waals surface area contributed by atoms with Gasteiger partial charge in [0.05, 0.1) is 35.9 Å². The molecule has 0 radical (unpaired) electrons. The molecule has 3 aromatic rings. The molecule has 10 heteroatoms. The Morgan fingerprint density at radius 2 is 2.00 bits per heavy atom. The van der Waals surface area contributed by atoms with Crippen molar-refractivity contribution in [1.82, 2.24) is 25.0 Å². The third kappa shape index (κ3) is 5.04. The molecule has 1 aliphatic rings. The van der Waals surface area contributed by atoms with Gasteiger partial charge in [-0.05, 0) is 24.3 Å². The van der Waals surface area contributed by atoms with Crippen LogP contribution in [-0.4, -0.2) is 70.7 Å². The molecule has 1 amide bonds. The van der Waals surface area contributed by atoms with Crippen molar-refractivity contribution in [3.05, 3.63) is 47.7 Å². The van der Waals surface area contributed by atoms with Gasteiger partial charge in [-0.1, -0.05) is 35.5 Å². The number of rotatable bonds is 8. The minimum absolute atomic E-state index is 0.0542. The first-order valence-electron chi connectivity index (χ1n) is 9.66. The van der Waals surface area contributed by atoms with Crippen LogP contribution in [0.4, 0.5) is 0 Å². The maximum Gasteiger partial charge on any atom is 0.230 e. The van der Waals surface area contributed by atoms with Crippen LogP contribution in [0.25, 0.3) is 17.3 Å². The minimum atomic E-state index is -0.0542. The summed E-state index contributed by atoms with van der Waals surface area (Å²) in [6, 6.07) is 11.0. The third-order valence-electron chi connectivity index (χ3n) is 4.65. The highest BCUT2D eigenvalue weighted by Gasteiger charge is 2.20. The summed E-state index contributed by atoms with van der Waals surface area (Å²) < 4.78 is 12.7. The van der Waals surface area contributed by atoms with Crippen LogP contribution in [0, 0.1) is 0 Å². The van der Waals surface area contributed by atoms with Crippen LogP contribution >= 0.6 is 23.4 Å². The first kappa shape index (κ1) is 20.9. The largest absolute Gasteiger partial charge is 0.461 e. The summed E-state index contributed by atoms with van der Waals surface area (Å²) in [5, 5.41) is 12.6. The van der Waals surface area contributed by atoms with Gasteiger partial charge in [-0.25, -0.2) is 0 Å².